The van der Waals surface area contributed by atoms with Gasteiger partial charge in [-0.05, 0) is 114 Å². The molecular weight excluding hydrogens is 576 g/mol. The Labute approximate surface area is 288 Å². The molecule has 0 heterocycles. The van der Waals surface area contributed by atoms with E-state index in [9.17, 15) is 9.59 Å². The third kappa shape index (κ3) is 19.1. The lowest BCUT2D eigenvalue weighted by molar-refractivity contribution is -0.120. The van der Waals surface area contributed by atoms with Gasteiger partial charge in [0.1, 0.15) is 11.5 Å². The van der Waals surface area contributed by atoms with Crippen molar-refractivity contribution in [3.05, 3.63) is 111 Å². The lowest BCUT2D eigenvalue weighted by Gasteiger charge is -2.27. The zero-order chi connectivity index (χ0) is 36.2. The zero-order valence-electron chi connectivity index (χ0n) is 32.2. The topological polar surface area (TPSA) is 54.4 Å². The summed E-state index contributed by atoms with van der Waals surface area (Å²) in [6.07, 6.45) is 14.9. The van der Waals surface area contributed by atoms with Crippen molar-refractivity contribution in [1.82, 2.24) is 0 Å². The Morgan fingerprint density at radius 2 is 1.02 bits per heavy atom. The molecule has 5 rings (SSSR count). The van der Waals surface area contributed by atoms with Crippen molar-refractivity contribution in [2.75, 3.05) is 0 Å². The van der Waals surface area contributed by atoms with Gasteiger partial charge >= 0.3 is 0 Å². The van der Waals surface area contributed by atoms with E-state index < -0.39 is 0 Å². The molecule has 3 aliphatic carbocycles. The molecule has 1 N–H and O–H groups in total. The maximum atomic E-state index is 11.0. The van der Waals surface area contributed by atoms with Crippen LogP contribution in [0.2, 0.25) is 0 Å². The van der Waals surface area contributed by atoms with Gasteiger partial charge in [0.15, 0.2) is 5.78 Å². The molecule has 0 aromatic heterocycles. The van der Waals surface area contributed by atoms with E-state index in [1.807, 2.05) is 33.8 Å². The number of ketones is 2. The van der Waals surface area contributed by atoms with E-state index in [2.05, 4.69) is 112 Å². The van der Waals surface area contributed by atoms with Crippen molar-refractivity contribution in [2.45, 2.75) is 129 Å². The molecule has 2 aromatic carbocycles. The number of aryl methyl sites for hydroxylation is 5. The molecule has 0 unspecified atom stereocenters. The molecule has 0 saturated heterocycles. The molecule has 0 spiro atoms. The van der Waals surface area contributed by atoms with Crippen LogP contribution in [0.1, 0.15) is 122 Å². The van der Waals surface area contributed by atoms with Crippen LogP contribution in [0.5, 0.6) is 5.75 Å². The average molecular weight is 641 g/mol. The van der Waals surface area contributed by atoms with Crippen molar-refractivity contribution in [2.24, 2.45) is 16.2 Å². The van der Waals surface area contributed by atoms with Gasteiger partial charge in [-0.2, -0.15) is 0 Å². The fraction of sp³-hybridized carbons (Fsp3) is 0.500. The number of allylic oxidation sites excluding steroid dienone is 8. The van der Waals surface area contributed by atoms with Crippen LogP contribution in [-0.4, -0.2) is 16.7 Å². The summed E-state index contributed by atoms with van der Waals surface area (Å²) in [4.78, 5) is 22.1. The standard InChI is InChI=1S/2C9H14O.C9H12.C9H14.C8H10O/c2*1-7-4-8(10)6-9(2,3)5-7;1-7-4-8(2)6-9(3)5-7;1-8-5-4-6-9(2,3)7-8;1-6-3-7(2)5-8(9)4-6/h5H,4,6H2,1-3H3;4H,5-6H2,1-3H3;4-6H,1-3H3;4-6H,7H2,1-3H3;3-5,9H,1-2H3. The smallest absolute Gasteiger partial charge is 0.156 e. The summed E-state index contributed by atoms with van der Waals surface area (Å²) in [5.41, 5.74) is 10.9. The van der Waals surface area contributed by atoms with Gasteiger partial charge in [0.25, 0.3) is 0 Å². The van der Waals surface area contributed by atoms with Gasteiger partial charge in [-0.3, -0.25) is 9.59 Å². The Bertz CT molecular complexity index is 1340. The van der Waals surface area contributed by atoms with E-state index in [0.717, 1.165) is 17.5 Å². The van der Waals surface area contributed by atoms with Crippen molar-refractivity contribution in [3.63, 3.8) is 0 Å². The van der Waals surface area contributed by atoms with E-state index in [-0.39, 0.29) is 16.6 Å². The van der Waals surface area contributed by atoms with E-state index in [0.29, 0.717) is 36.2 Å². The number of rotatable bonds is 0. The molecule has 2 aromatic rings. The molecule has 3 heteroatoms. The largest absolute Gasteiger partial charge is 0.508 e. The number of Topliss-reactive ketones (excluding diaryl/α,β-unsaturated/α-hetero) is 1. The van der Waals surface area contributed by atoms with Gasteiger partial charge in [-0.1, -0.05) is 124 Å². The van der Waals surface area contributed by atoms with Crippen molar-refractivity contribution >= 4 is 11.6 Å². The van der Waals surface area contributed by atoms with Crippen LogP contribution in [0.25, 0.3) is 0 Å². The van der Waals surface area contributed by atoms with Crippen LogP contribution in [0.4, 0.5) is 0 Å². The number of phenols is 1. The second-order valence-electron chi connectivity index (χ2n) is 16.4. The molecule has 47 heavy (non-hydrogen) atoms. The van der Waals surface area contributed by atoms with Gasteiger partial charge in [-0.25, -0.2) is 0 Å². The fourth-order valence-corrected chi connectivity index (χ4v) is 6.78. The van der Waals surface area contributed by atoms with Gasteiger partial charge in [0.05, 0.1) is 0 Å². The first-order valence-corrected chi connectivity index (χ1v) is 17.0. The first kappa shape index (κ1) is 41.6. The summed E-state index contributed by atoms with van der Waals surface area (Å²) < 4.78 is 0. The second-order valence-corrected chi connectivity index (χ2v) is 16.4. The quantitative estimate of drug-likeness (QED) is 0.292. The molecule has 3 nitrogen and oxygen atoms in total. The van der Waals surface area contributed by atoms with E-state index in [1.54, 1.807) is 18.2 Å². The Morgan fingerprint density at radius 1 is 0.553 bits per heavy atom. The minimum absolute atomic E-state index is 0.111. The molecule has 0 atom stereocenters. The van der Waals surface area contributed by atoms with Crippen LogP contribution < -0.4 is 0 Å². The van der Waals surface area contributed by atoms with Crippen LogP contribution in [0.15, 0.2) is 83.5 Å². The van der Waals surface area contributed by atoms with Gasteiger partial charge < -0.3 is 5.11 Å². The lowest BCUT2D eigenvalue weighted by atomic mass is 9.77. The molecule has 0 aliphatic heterocycles. The minimum Gasteiger partial charge on any atom is -0.508 e. The zero-order valence-corrected chi connectivity index (χ0v) is 32.2. The van der Waals surface area contributed by atoms with E-state index in [1.165, 1.54) is 39.8 Å². The Hall–Kier alpha value is -3.46. The number of hydrogen-bond donors (Lipinski definition) is 1. The number of aromatic hydroxyl groups is 1. The van der Waals surface area contributed by atoms with Crippen LogP contribution in [0, 0.1) is 50.9 Å². The molecule has 3 aliphatic rings. The highest BCUT2D eigenvalue weighted by Gasteiger charge is 2.25. The average Bonchev–Trinajstić information content (AvgIpc) is 2.80. The van der Waals surface area contributed by atoms with E-state index >= 15 is 0 Å². The van der Waals surface area contributed by atoms with Gasteiger partial charge in [-0.15, -0.1) is 0 Å². The number of phenolic OH excluding ortho intramolecular Hbond substituents is 1. The fourth-order valence-electron chi connectivity index (χ4n) is 6.78. The summed E-state index contributed by atoms with van der Waals surface area (Å²) in [7, 11) is 0. The Kier molecular flexibility index (Phi) is 16.1. The Morgan fingerprint density at radius 3 is 1.34 bits per heavy atom. The predicted octanol–water partition coefficient (Wildman–Crippen LogP) is 12.2. The summed E-state index contributed by atoms with van der Waals surface area (Å²) in [6, 6.07) is 12.1. The maximum Gasteiger partial charge on any atom is 0.156 e. The maximum absolute atomic E-state index is 11.0. The van der Waals surface area contributed by atoms with Gasteiger partial charge in [0, 0.05) is 19.3 Å². The highest BCUT2D eigenvalue weighted by Crippen LogP contribution is 2.33. The van der Waals surface area contributed by atoms with Crippen LogP contribution >= 0.6 is 0 Å². The highest BCUT2D eigenvalue weighted by atomic mass is 16.3. The monoisotopic (exact) mass is 640 g/mol. The molecule has 0 saturated carbocycles. The third-order valence-electron chi connectivity index (χ3n) is 7.82. The first-order valence-electron chi connectivity index (χ1n) is 17.0. The molecule has 0 fully saturated rings. The van der Waals surface area contributed by atoms with Crippen molar-refractivity contribution in [1.29, 1.82) is 0 Å². The first-order chi connectivity index (χ1) is 21.5. The molecule has 0 bridgehead atoms. The van der Waals surface area contributed by atoms with Crippen LogP contribution in [0.3, 0.4) is 0 Å². The lowest BCUT2D eigenvalue weighted by Crippen LogP contribution is -2.20. The third-order valence-corrected chi connectivity index (χ3v) is 7.82. The molecule has 0 amide bonds. The molecule has 0 radical (unpaired) electrons. The minimum atomic E-state index is 0.111. The summed E-state index contributed by atoms with van der Waals surface area (Å²) in [6.45, 7) is 29.6. The normalized spacial score (nSPS) is 18.6. The highest BCUT2D eigenvalue weighted by molar-refractivity contribution is 5.91. The Balaban J connectivity index is 0.000000294. The summed E-state index contributed by atoms with van der Waals surface area (Å²) in [5.74, 6) is 1.02. The van der Waals surface area contributed by atoms with Crippen molar-refractivity contribution < 1.29 is 14.7 Å². The summed E-state index contributed by atoms with van der Waals surface area (Å²) >= 11 is 0. The molecule has 258 valence electrons. The number of benzene rings is 2. The predicted molar refractivity (Wildman–Crippen MR) is 203 cm³/mol. The number of hydrogen-bond acceptors (Lipinski definition) is 3. The van der Waals surface area contributed by atoms with E-state index in [4.69, 9.17) is 5.11 Å². The SMILES string of the molecule is CC1=CC(=O)CC(C)(C)C1.CC1=CC(C)(C)CC(=O)C1.CC1=CC=CC(C)(C)C1.Cc1cc(C)cc(C)c1.Cc1cc(C)cc(O)c1. The van der Waals surface area contributed by atoms with Crippen LogP contribution in [-0.2, 0) is 9.59 Å². The molecular formula is C44H64O3. The second kappa shape index (κ2) is 18.2. The summed E-state index contributed by atoms with van der Waals surface area (Å²) in [5, 5.41) is 8.99. The van der Waals surface area contributed by atoms with Crippen molar-refractivity contribution in [3.8, 4) is 5.75 Å². The van der Waals surface area contributed by atoms with Gasteiger partial charge in [0.2, 0.25) is 0 Å². The number of carbonyl (C=O) groups excluding carboxylic acids is 2. The number of carbonyl (C=O) groups is 2.